The van der Waals surface area contributed by atoms with Crippen molar-refractivity contribution in [2.24, 2.45) is 0 Å². The van der Waals surface area contributed by atoms with Crippen LogP contribution in [0.25, 0.3) is 0 Å². The molecule has 0 aliphatic carbocycles. The summed E-state index contributed by atoms with van der Waals surface area (Å²) in [4.78, 5) is 24.3. The Morgan fingerprint density at radius 3 is 2.61 bits per heavy atom. The first-order chi connectivity index (χ1) is 13.4. The molecule has 28 heavy (non-hydrogen) atoms. The summed E-state index contributed by atoms with van der Waals surface area (Å²) in [5, 5.41) is 2.89. The first-order valence-electron chi connectivity index (χ1n) is 9.12. The monoisotopic (exact) mass is 391 g/mol. The van der Waals surface area contributed by atoms with Crippen LogP contribution in [-0.2, 0) is 4.79 Å². The normalized spacial score (nSPS) is 15.0. The number of nitrogens with one attached hydrogen (secondary N) is 1. The molecular weight excluding hydrogens is 368 g/mol. The minimum atomic E-state index is -0.798. The molecule has 1 N–H and O–H groups in total. The van der Waals surface area contributed by atoms with E-state index in [9.17, 15) is 13.6 Å². The highest BCUT2D eigenvalue weighted by Crippen LogP contribution is 2.25. The standard InChI is InChI=1S/C19H23F2N5O2/c1-13(2)24-18(27)11-25-5-7-26(8-6-25)17-10-19(23-12-22-17)28-16-4-3-14(20)9-15(16)21/h3-4,9-10,12-13H,5-8,11H2,1-2H3,(H,24,27). The van der Waals surface area contributed by atoms with Crippen molar-refractivity contribution in [1.82, 2.24) is 20.2 Å². The summed E-state index contributed by atoms with van der Waals surface area (Å²) >= 11 is 0. The van der Waals surface area contributed by atoms with Gasteiger partial charge in [0.15, 0.2) is 11.6 Å². The van der Waals surface area contributed by atoms with Gasteiger partial charge in [-0.25, -0.2) is 18.7 Å². The number of hydrogen-bond acceptors (Lipinski definition) is 6. The molecule has 0 spiro atoms. The summed E-state index contributed by atoms with van der Waals surface area (Å²) in [6.07, 6.45) is 1.34. The van der Waals surface area contributed by atoms with Crippen LogP contribution in [-0.4, -0.2) is 59.5 Å². The van der Waals surface area contributed by atoms with Gasteiger partial charge in [-0.05, 0) is 26.0 Å². The number of aromatic nitrogens is 2. The molecule has 150 valence electrons. The van der Waals surface area contributed by atoms with Crippen molar-refractivity contribution < 1.29 is 18.3 Å². The predicted molar refractivity (Wildman–Crippen MR) is 100 cm³/mol. The smallest absolute Gasteiger partial charge is 0.234 e. The molecule has 9 heteroatoms. The summed E-state index contributed by atoms with van der Waals surface area (Å²) in [6, 6.07) is 4.83. The van der Waals surface area contributed by atoms with Gasteiger partial charge in [0.25, 0.3) is 0 Å². The lowest BCUT2D eigenvalue weighted by molar-refractivity contribution is -0.122. The van der Waals surface area contributed by atoms with E-state index in [2.05, 4.69) is 20.2 Å². The molecule has 2 aromatic rings. The number of carbonyl (C=O) groups excluding carboxylic acids is 1. The largest absolute Gasteiger partial charge is 0.436 e. The van der Waals surface area contributed by atoms with Crippen LogP contribution in [0.5, 0.6) is 11.6 Å². The highest BCUT2D eigenvalue weighted by atomic mass is 19.1. The highest BCUT2D eigenvalue weighted by molar-refractivity contribution is 5.78. The number of anilines is 1. The number of piperazine rings is 1. The van der Waals surface area contributed by atoms with Gasteiger partial charge < -0.3 is 15.0 Å². The molecule has 1 saturated heterocycles. The van der Waals surface area contributed by atoms with Crippen LogP contribution in [0, 0.1) is 11.6 Å². The van der Waals surface area contributed by atoms with Crippen LogP contribution in [0.2, 0.25) is 0 Å². The first kappa shape index (κ1) is 19.9. The number of ether oxygens (including phenoxy) is 1. The zero-order valence-electron chi connectivity index (χ0n) is 15.9. The molecule has 0 radical (unpaired) electrons. The predicted octanol–water partition coefficient (Wildman–Crippen LogP) is 2.19. The number of rotatable bonds is 6. The number of halogens is 2. The number of carbonyl (C=O) groups is 1. The second kappa shape index (κ2) is 8.92. The molecule has 2 heterocycles. The van der Waals surface area contributed by atoms with E-state index >= 15 is 0 Å². The Morgan fingerprint density at radius 1 is 1.18 bits per heavy atom. The summed E-state index contributed by atoms with van der Waals surface area (Å²) < 4.78 is 32.2. The van der Waals surface area contributed by atoms with Crippen LogP contribution in [0.4, 0.5) is 14.6 Å². The Hall–Kier alpha value is -2.81. The fourth-order valence-electron chi connectivity index (χ4n) is 2.94. The van der Waals surface area contributed by atoms with Gasteiger partial charge in [-0.15, -0.1) is 0 Å². The SMILES string of the molecule is CC(C)NC(=O)CN1CCN(c2cc(Oc3ccc(F)cc3F)ncn2)CC1. The van der Waals surface area contributed by atoms with E-state index in [-0.39, 0.29) is 23.6 Å². The lowest BCUT2D eigenvalue weighted by Gasteiger charge is -2.35. The lowest BCUT2D eigenvalue weighted by atomic mass is 10.3. The van der Waals surface area contributed by atoms with Gasteiger partial charge in [-0.2, -0.15) is 0 Å². The molecule has 1 fully saturated rings. The number of nitrogens with zero attached hydrogens (tertiary/aromatic N) is 4. The molecule has 1 aromatic heterocycles. The molecule has 0 unspecified atom stereocenters. The van der Waals surface area contributed by atoms with Gasteiger partial charge in [0.2, 0.25) is 11.8 Å². The maximum atomic E-state index is 13.8. The van der Waals surface area contributed by atoms with Crippen molar-refractivity contribution in [2.75, 3.05) is 37.6 Å². The summed E-state index contributed by atoms with van der Waals surface area (Å²) in [7, 11) is 0. The fourth-order valence-corrected chi connectivity index (χ4v) is 2.94. The molecule has 1 aliphatic heterocycles. The third-order valence-electron chi connectivity index (χ3n) is 4.25. The van der Waals surface area contributed by atoms with Crippen molar-refractivity contribution in [2.45, 2.75) is 19.9 Å². The van der Waals surface area contributed by atoms with Crippen molar-refractivity contribution in [3.63, 3.8) is 0 Å². The maximum absolute atomic E-state index is 13.8. The Morgan fingerprint density at radius 2 is 1.93 bits per heavy atom. The fraction of sp³-hybridized carbons (Fsp3) is 0.421. The van der Waals surface area contributed by atoms with Gasteiger partial charge in [0.1, 0.15) is 18.0 Å². The molecule has 7 nitrogen and oxygen atoms in total. The zero-order chi connectivity index (χ0) is 20.1. The van der Waals surface area contributed by atoms with Crippen LogP contribution in [0.1, 0.15) is 13.8 Å². The minimum Gasteiger partial charge on any atom is -0.436 e. The molecule has 1 aliphatic rings. The highest BCUT2D eigenvalue weighted by Gasteiger charge is 2.21. The molecular formula is C19H23F2N5O2. The van der Waals surface area contributed by atoms with Crippen LogP contribution in [0.15, 0.2) is 30.6 Å². The molecule has 0 saturated carbocycles. The number of benzene rings is 1. The van der Waals surface area contributed by atoms with Gasteiger partial charge in [-0.3, -0.25) is 9.69 Å². The summed E-state index contributed by atoms with van der Waals surface area (Å²) in [5.41, 5.74) is 0. The maximum Gasteiger partial charge on any atom is 0.234 e. The third kappa shape index (κ3) is 5.35. The van der Waals surface area contributed by atoms with Crippen molar-refractivity contribution in [1.29, 1.82) is 0 Å². The van der Waals surface area contributed by atoms with Gasteiger partial charge >= 0.3 is 0 Å². The average molecular weight is 391 g/mol. The van der Waals surface area contributed by atoms with Crippen LogP contribution < -0.4 is 15.0 Å². The third-order valence-corrected chi connectivity index (χ3v) is 4.25. The molecule has 0 atom stereocenters. The van der Waals surface area contributed by atoms with E-state index in [4.69, 9.17) is 4.74 Å². The Balaban J connectivity index is 1.58. The number of amides is 1. The Bertz CT molecular complexity index is 826. The quantitative estimate of drug-likeness (QED) is 0.814. The Kier molecular flexibility index (Phi) is 6.35. The summed E-state index contributed by atoms with van der Waals surface area (Å²) in [5.74, 6) is -0.732. The van der Waals surface area contributed by atoms with E-state index in [1.165, 1.54) is 12.4 Å². The second-order valence-electron chi connectivity index (χ2n) is 6.88. The number of hydrogen-bond donors (Lipinski definition) is 1. The van der Waals surface area contributed by atoms with E-state index < -0.39 is 11.6 Å². The lowest BCUT2D eigenvalue weighted by Crippen LogP contribution is -2.50. The summed E-state index contributed by atoms with van der Waals surface area (Å²) in [6.45, 7) is 7.06. The van der Waals surface area contributed by atoms with Crippen molar-refractivity contribution >= 4 is 11.7 Å². The van der Waals surface area contributed by atoms with Gasteiger partial charge in [-0.1, -0.05) is 0 Å². The van der Waals surface area contributed by atoms with E-state index in [0.29, 0.717) is 25.5 Å². The zero-order valence-corrected chi connectivity index (χ0v) is 15.9. The van der Waals surface area contributed by atoms with Crippen molar-refractivity contribution in [3.8, 4) is 11.6 Å². The molecule has 1 amide bonds. The van der Waals surface area contributed by atoms with Crippen LogP contribution in [0.3, 0.4) is 0 Å². The first-order valence-corrected chi connectivity index (χ1v) is 9.12. The van der Waals surface area contributed by atoms with E-state index in [1.807, 2.05) is 18.7 Å². The van der Waals surface area contributed by atoms with Gasteiger partial charge in [0, 0.05) is 44.4 Å². The molecule has 0 bridgehead atoms. The average Bonchev–Trinajstić information content (AvgIpc) is 2.64. The van der Waals surface area contributed by atoms with E-state index in [1.54, 1.807) is 6.07 Å². The second-order valence-corrected chi connectivity index (χ2v) is 6.88. The topological polar surface area (TPSA) is 70.6 Å². The Labute approximate surface area is 162 Å². The van der Waals surface area contributed by atoms with E-state index in [0.717, 1.165) is 25.2 Å². The minimum absolute atomic E-state index is 0.0162. The van der Waals surface area contributed by atoms with Gasteiger partial charge in [0.05, 0.1) is 6.54 Å². The van der Waals surface area contributed by atoms with Crippen molar-refractivity contribution in [3.05, 3.63) is 42.2 Å². The molecule has 1 aromatic carbocycles. The molecule has 3 rings (SSSR count). The van der Waals surface area contributed by atoms with Crippen LogP contribution >= 0.6 is 0 Å².